The van der Waals surface area contributed by atoms with Crippen molar-refractivity contribution in [3.8, 4) is 0 Å². The fraction of sp³-hybridized carbons (Fsp3) is 0.706. The lowest BCUT2D eigenvalue weighted by Crippen LogP contribution is -2.68. The van der Waals surface area contributed by atoms with E-state index in [1.54, 1.807) is 12.1 Å². The summed E-state index contributed by atoms with van der Waals surface area (Å²) < 4.78 is 1.82. The summed E-state index contributed by atoms with van der Waals surface area (Å²) in [4.78, 5) is 14.5. The van der Waals surface area contributed by atoms with Gasteiger partial charge in [0.2, 0.25) is 0 Å². The molecule has 0 radical (unpaired) electrons. The zero-order valence-electron chi connectivity index (χ0n) is 13.4. The molecule has 116 valence electrons. The molecule has 1 saturated heterocycles. The van der Waals surface area contributed by atoms with Crippen LogP contribution >= 0.6 is 0 Å². The van der Waals surface area contributed by atoms with Crippen LogP contribution in [-0.4, -0.2) is 40.2 Å². The Bertz CT molecular complexity index is 561. The van der Waals surface area contributed by atoms with E-state index < -0.39 is 0 Å². The van der Waals surface area contributed by atoms with Gasteiger partial charge in [-0.05, 0) is 45.6 Å². The Kier molecular flexibility index (Phi) is 3.70. The molecule has 4 nitrogen and oxygen atoms in total. The number of hydrogen-bond acceptors (Lipinski definition) is 3. The molecule has 3 rings (SSSR count). The normalized spacial score (nSPS) is 29.5. The highest BCUT2D eigenvalue weighted by Crippen LogP contribution is 2.44. The third kappa shape index (κ3) is 3.06. The van der Waals surface area contributed by atoms with Gasteiger partial charge in [0.25, 0.3) is 5.56 Å². The first-order chi connectivity index (χ1) is 9.91. The summed E-state index contributed by atoms with van der Waals surface area (Å²) in [5, 5.41) is 3.70. The van der Waals surface area contributed by atoms with E-state index in [1.807, 2.05) is 16.8 Å². The van der Waals surface area contributed by atoms with E-state index in [9.17, 15) is 4.79 Å². The van der Waals surface area contributed by atoms with Crippen LogP contribution in [0.2, 0.25) is 0 Å². The van der Waals surface area contributed by atoms with Gasteiger partial charge in [0.15, 0.2) is 0 Å². The zero-order valence-corrected chi connectivity index (χ0v) is 13.4. The number of nitrogens with one attached hydrogen (secondary N) is 1. The second-order valence-corrected chi connectivity index (χ2v) is 7.52. The molecule has 1 aliphatic heterocycles. The first-order valence-electron chi connectivity index (χ1n) is 8.06. The molecule has 1 atom stereocenters. The maximum Gasteiger partial charge on any atom is 0.250 e. The molecule has 1 N–H and O–H groups in total. The summed E-state index contributed by atoms with van der Waals surface area (Å²) in [6.07, 6.45) is 4.59. The minimum Gasteiger partial charge on any atom is -0.314 e. The lowest BCUT2D eigenvalue weighted by Gasteiger charge is -2.52. The predicted molar refractivity (Wildman–Crippen MR) is 85.5 cm³/mol. The first kappa shape index (κ1) is 14.8. The zero-order chi connectivity index (χ0) is 15.1. The molecular formula is C17H27N3O. The SMILES string of the molecule is CC1(C)CN(CCn2ccccc2=O)C(C)(C2CC2)CN1. The molecule has 0 bridgehead atoms. The Balaban J connectivity index is 1.74. The summed E-state index contributed by atoms with van der Waals surface area (Å²) >= 11 is 0. The van der Waals surface area contributed by atoms with Crippen LogP contribution in [0, 0.1) is 5.92 Å². The molecule has 2 fully saturated rings. The van der Waals surface area contributed by atoms with E-state index in [1.165, 1.54) is 12.8 Å². The minimum atomic E-state index is 0.0972. The molecule has 1 aromatic heterocycles. The van der Waals surface area contributed by atoms with Gasteiger partial charge in [0, 0.05) is 49.5 Å². The third-order valence-corrected chi connectivity index (χ3v) is 5.20. The second-order valence-electron chi connectivity index (χ2n) is 7.52. The summed E-state index contributed by atoms with van der Waals surface area (Å²) in [6, 6.07) is 5.38. The van der Waals surface area contributed by atoms with Gasteiger partial charge >= 0.3 is 0 Å². The summed E-state index contributed by atoms with van der Waals surface area (Å²) in [7, 11) is 0. The molecule has 1 unspecified atom stereocenters. The summed E-state index contributed by atoms with van der Waals surface area (Å²) in [6.45, 7) is 10.7. The van der Waals surface area contributed by atoms with E-state index in [0.717, 1.165) is 32.1 Å². The van der Waals surface area contributed by atoms with Gasteiger partial charge in [0.05, 0.1) is 0 Å². The van der Waals surface area contributed by atoms with Crippen molar-refractivity contribution in [1.82, 2.24) is 14.8 Å². The van der Waals surface area contributed by atoms with Crippen molar-refractivity contribution in [1.29, 1.82) is 0 Å². The molecule has 4 heteroatoms. The minimum absolute atomic E-state index is 0.0972. The third-order valence-electron chi connectivity index (χ3n) is 5.20. The molecule has 1 aliphatic carbocycles. The van der Waals surface area contributed by atoms with Crippen molar-refractivity contribution in [2.24, 2.45) is 5.92 Å². The highest BCUT2D eigenvalue weighted by molar-refractivity contribution is 5.07. The molecule has 0 amide bonds. The largest absolute Gasteiger partial charge is 0.314 e. The van der Waals surface area contributed by atoms with Crippen LogP contribution in [0.25, 0.3) is 0 Å². The van der Waals surface area contributed by atoms with E-state index >= 15 is 0 Å². The maximum atomic E-state index is 11.9. The van der Waals surface area contributed by atoms with E-state index in [2.05, 4.69) is 31.0 Å². The fourth-order valence-electron chi connectivity index (χ4n) is 3.56. The number of hydrogen-bond donors (Lipinski definition) is 1. The predicted octanol–water partition coefficient (Wildman–Crippen LogP) is 1.70. The number of pyridine rings is 1. The summed E-state index contributed by atoms with van der Waals surface area (Å²) in [5.74, 6) is 0.814. The van der Waals surface area contributed by atoms with Crippen molar-refractivity contribution in [3.63, 3.8) is 0 Å². The van der Waals surface area contributed by atoms with Crippen LogP contribution in [0.4, 0.5) is 0 Å². The van der Waals surface area contributed by atoms with Gasteiger partial charge in [-0.15, -0.1) is 0 Å². The lowest BCUT2D eigenvalue weighted by molar-refractivity contribution is 0.00928. The Morgan fingerprint density at radius 1 is 1.24 bits per heavy atom. The first-order valence-corrected chi connectivity index (χ1v) is 8.06. The molecule has 0 aromatic carbocycles. The molecular weight excluding hydrogens is 262 g/mol. The van der Waals surface area contributed by atoms with Gasteiger partial charge < -0.3 is 9.88 Å². The highest BCUT2D eigenvalue weighted by atomic mass is 16.1. The molecule has 1 saturated carbocycles. The number of rotatable bonds is 4. The van der Waals surface area contributed by atoms with Gasteiger partial charge in [-0.1, -0.05) is 6.07 Å². The van der Waals surface area contributed by atoms with Crippen LogP contribution in [0.15, 0.2) is 29.2 Å². The quantitative estimate of drug-likeness (QED) is 0.917. The second kappa shape index (κ2) is 5.25. The number of aromatic nitrogens is 1. The lowest BCUT2D eigenvalue weighted by atomic mass is 9.86. The summed E-state index contributed by atoms with van der Waals surface area (Å²) in [5.41, 5.74) is 0.490. The topological polar surface area (TPSA) is 37.3 Å². The highest BCUT2D eigenvalue weighted by Gasteiger charge is 2.49. The van der Waals surface area contributed by atoms with Gasteiger partial charge in [-0.25, -0.2) is 0 Å². The van der Waals surface area contributed by atoms with E-state index in [0.29, 0.717) is 0 Å². The monoisotopic (exact) mass is 289 g/mol. The van der Waals surface area contributed by atoms with Crippen LogP contribution in [0.5, 0.6) is 0 Å². The van der Waals surface area contributed by atoms with Crippen LogP contribution in [-0.2, 0) is 6.54 Å². The Morgan fingerprint density at radius 2 is 2.00 bits per heavy atom. The van der Waals surface area contributed by atoms with Crippen molar-refractivity contribution in [3.05, 3.63) is 34.7 Å². The standard InChI is InChI=1S/C17H27N3O/c1-16(2)13-20(17(3,12-18-16)14-7-8-14)11-10-19-9-5-4-6-15(19)21/h4-6,9,14,18H,7-8,10-13H2,1-3H3. The van der Waals surface area contributed by atoms with Gasteiger partial charge in [-0.3, -0.25) is 9.69 Å². The van der Waals surface area contributed by atoms with Gasteiger partial charge in [0.1, 0.15) is 0 Å². The van der Waals surface area contributed by atoms with Crippen molar-refractivity contribution in [2.75, 3.05) is 19.6 Å². The van der Waals surface area contributed by atoms with E-state index in [4.69, 9.17) is 0 Å². The Labute approximate surface area is 127 Å². The van der Waals surface area contributed by atoms with Gasteiger partial charge in [-0.2, -0.15) is 0 Å². The van der Waals surface area contributed by atoms with Crippen molar-refractivity contribution < 1.29 is 0 Å². The van der Waals surface area contributed by atoms with Crippen molar-refractivity contribution in [2.45, 2.75) is 51.2 Å². The molecule has 2 aliphatic rings. The van der Waals surface area contributed by atoms with E-state index in [-0.39, 0.29) is 16.6 Å². The number of piperazine rings is 1. The molecule has 0 spiro atoms. The Hall–Kier alpha value is -1.13. The fourth-order valence-corrected chi connectivity index (χ4v) is 3.56. The average Bonchev–Trinajstić information content (AvgIpc) is 3.26. The van der Waals surface area contributed by atoms with Crippen molar-refractivity contribution >= 4 is 0 Å². The Morgan fingerprint density at radius 3 is 2.67 bits per heavy atom. The molecule has 1 aromatic rings. The van der Waals surface area contributed by atoms with Crippen LogP contribution in [0.3, 0.4) is 0 Å². The smallest absolute Gasteiger partial charge is 0.250 e. The molecule has 21 heavy (non-hydrogen) atoms. The maximum absolute atomic E-state index is 11.9. The number of nitrogens with zero attached hydrogens (tertiary/aromatic N) is 2. The molecule has 2 heterocycles. The van der Waals surface area contributed by atoms with Crippen LogP contribution in [0.1, 0.15) is 33.6 Å². The average molecular weight is 289 g/mol. The van der Waals surface area contributed by atoms with Crippen LogP contribution < -0.4 is 10.9 Å².